The van der Waals surface area contributed by atoms with Gasteiger partial charge in [0.15, 0.2) is 0 Å². The smallest absolute Gasteiger partial charge is 0.335 e. The van der Waals surface area contributed by atoms with E-state index in [2.05, 4.69) is 5.32 Å². The second-order valence-electron chi connectivity index (χ2n) is 5.90. The van der Waals surface area contributed by atoms with Crippen LogP contribution in [0, 0.1) is 5.92 Å². The average Bonchev–Trinajstić information content (AvgIpc) is 3.27. The van der Waals surface area contributed by atoms with E-state index in [9.17, 15) is 4.79 Å². The molecule has 2 aromatic carbocycles. The molecule has 3 nitrogen and oxygen atoms in total. The number of carbonyl (C=O) groups is 1. The van der Waals surface area contributed by atoms with E-state index in [1.807, 2.05) is 18.2 Å². The van der Waals surface area contributed by atoms with Gasteiger partial charge in [-0.25, -0.2) is 4.79 Å². The molecule has 1 aliphatic carbocycles. The van der Waals surface area contributed by atoms with Crippen molar-refractivity contribution in [1.82, 2.24) is 5.32 Å². The molecule has 120 valence electrons. The second-order valence-corrected chi connectivity index (χ2v) is 6.75. The van der Waals surface area contributed by atoms with E-state index in [4.69, 9.17) is 28.3 Å². The van der Waals surface area contributed by atoms with E-state index in [-0.39, 0.29) is 0 Å². The van der Waals surface area contributed by atoms with Crippen LogP contribution in [0.25, 0.3) is 0 Å². The van der Waals surface area contributed by atoms with Crippen LogP contribution in [0.5, 0.6) is 0 Å². The first-order valence-electron chi connectivity index (χ1n) is 7.52. The van der Waals surface area contributed by atoms with Crippen LogP contribution in [0.3, 0.4) is 0 Å². The maximum Gasteiger partial charge on any atom is 0.335 e. The summed E-state index contributed by atoms with van der Waals surface area (Å²) < 4.78 is 0. The van der Waals surface area contributed by atoms with Crippen molar-refractivity contribution in [3.05, 3.63) is 69.2 Å². The summed E-state index contributed by atoms with van der Waals surface area (Å²) in [6.07, 6.45) is 1.11. The molecule has 3 rings (SSSR count). The van der Waals surface area contributed by atoms with E-state index in [1.165, 1.54) is 0 Å². The van der Waals surface area contributed by atoms with Gasteiger partial charge in [0.2, 0.25) is 0 Å². The van der Waals surface area contributed by atoms with E-state index in [1.54, 1.807) is 24.3 Å². The standard InChI is InChI=1S/C18H17Cl2NO2/c19-14-4-5-15(17(20)8-14)16-7-13(16)10-21-9-11-2-1-3-12(6-11)18(22)23/h1-6,8,13,16,21H,7,9-10H2,(H,22,23)/t13-,16+/m0/s1. The molecule has 0 amide bonds. The fraction of sp³-hybridized carbons (Fsp3) is 0.278. The van der Waals surface area contributed by atoms with Crippen molar-refractivity contribution in [3.63, 3.8) is 0 Å². The number of hydrogen-bond acceptors (Lipinski definition) is 2. The van der Waals surface area contributed by atoms with Gasteiger partial charge in [-0.2, -0.15) is 0 Å². The Bertz CT molecular complexity index is 733. The molecule has 0 aliphatic heterocycles. The van der Waals surface area contributed by atoms with Crippen molar-refractivity contribution in [2.75, 3.05) is 6.54 Å². The maximum atomic E-state index is 11.0. The summed E-state index contributed by atoms with van der Waals surface area (Å²) in [5.41, 5.74) is 2.46. The summed E-state index contributed by atoms with van der Waals surface area (Å²) in [5, 5.41) is 13.8. The van der Waals surface area contributed by atoms with Crippen LogP contribution in [-0.4, -0.2) is 17.6 Å². The molecule has 1 saturated carbocycles. The monoisotopic (exact) mass is 349 g/mol. The van der Waals surface area contributed by atoms with Crippen LogP contribution in [-0.2, 0) is 6.54 Å². The molecule has 0 aromatic heterocycles. The van der Waals surface area contributed by atoms with Crippen molar-refractivity contribution < 1.29 is 9.90 Å². The Labute approximate surface area is 145 Å². The van der Waals surface area contributed by atoms with Crippen LogP contribution in [0.15, 0.2) is 42.5 Å². The highest BCUT2D eigenvalue weighted by Gasteiger charge is 2.38. The summed E-state index contributed by atoms with van der Waals surface area (Å²) >= 11 is 12.2. The molecule has 2 atom stereocenters. The molecule has 23 heavy (non-hydrogen) atoms. The molecule has 0 saturated heterocycles. The Morgan fingerprint density at radius 3 is 2.78 bits per heavy atom. The predicted octanol–water partition coefficient (Wildman–Crippen LogP) is 4.58. The topological polar surface area (TPSA) is 49.3 Å². The minimum absolute atomic E-state index is 0.321. The SMILES string of the molecule is O=C(O)c1cccc(CNC[C@@H]2C[C@H]2c2ccc(Cl)cc2Cl)c1. The van der Waals surface area contributed by atoms with Gasteiger partial charge in [-0.05, 0) is 60.2 Å². The highest BCUT2D eigenvalue weighted by Crippen LogP contribution is 2.49. The number of halogens is 2. The first-order chi connectivity index (χ1) is 11.0. The number of benzene rings is 2. The van der Waals surface area contributed by atoms with Gasteiger partial charge < -0.3 is 10.4 Å². The highest BCUT2D eigenvalue weighted by molar-refractivity contribution is 6.35. The third-order valence-electron chi connectivity index (χ3n) is 4.19. The number of aromatic carboxylic acids is 1. The van der Waals surface area contributed by atoms with Crippen LogP contribution >= 0.6 is 23.2 Å². The van der Waals surface area contributed by atoms with Crippen molar-refractivity contribution in [2.24, 2.45) is 5.92 Å². The molecule has 2 aromatic rings. The Morgan fingerprint density at radius 2 is 2.04 bits per heavy atom. The minimum atomic E-state index is -0.897. The number of carboxylic acids is 1. The minimum Gasteiger partial charge on any atom is -0.478 e. The number of carboxylic acid groups (broad SMARTS) is 1. The molecule has 0 bridgehead atoms. The van der Waals surface area contributed by atoms with E-state index >= 15 is 0 Å². The maximum absolute atomic E-state index is 11.0. The summed E-state index contributed by atoms with van der Waals surface area (Å²) in [5.74, 6) is 0.153. The Morgan fingerprint density at radius 1 is 1.22 bits per heavy atom. The van der Waals surface area contributed by atoms with Crippen LogP contribution < -0.4 is 5.32 Å². The van der Waals surface area contributed by atoms with Crippen LogP contribution in [0.4, 0.5) is 0 Å². The van der Waals surface area contributed by atoms with Crippen molar-refractivity contribution in [2.45, 2.75) is 18.9 Å². The first kappa shape index (κ1) is 16.3. The fourth-order valence-corrected chi connectivity index (χ4v) is 3.42. The van der Waals surface area contributed by atoms with Gasteiger partial charge in [0.25, 0.3) is 0 Å². The fourth-order valence-electron chi connectivity index (χ4n) is 2.87. The molecular weight excluding hydrogens is 333 g/mol. The predicted molar refractivity (Wildman–Crippen MR) is 92.4 cm³/mol. The summed E-state index contributed by atoms with van der Waals surface area (Å²) in [6.45, 7) is 1.56. The third kappa shape index (κ3) is 4.05. The summed E-state index contributed by atoms with van der Waals surface area (Å²) in [7, 11) is 0. The van der Waals surface area contributed by atoms with Gasteiger partial charge in [0.1, 0.15) is 0 Å². The van der Waals surface area contributed by atoms with Crippen molar-refractivity contribution in [1.29, 1.82) is 0 Å². The molecule has 1 fully saturated rings. The summed E-state index contributed by atoms with van der Waals surface area (Å²) in [4.78, 5) is 11.0. The zero-order chi connectivity index (χ0) is 16.4. The summed E-state index contributed by atoms with van der Waals surface area (Å²) in [6, 6.07) is 12.7. The van der Waals surface area contributed by atoms with E-state index in [0.29, 0.717) is 29.0 Å². The number of nitrogens with one attached hydrogen (secondary N) is 1. The molecular formula is C18H17Cl2NO2. The van der Waals surface area contributed by atoms with Crippen molar-refractivity contribution >= 4 is 29.2 Å². The second kappa shape index (κ2) is 6.91. The van der Waals surface area contributed by atoms with Gasteiger partial charge in [-0.3, -0.25) is 0 Å². The largest absolute Gasteiger partial charge is 0.478 e. The lowest BCUT2D eigenvalue weighted by atomic mass is 10.1. The van der Waals surface area contributed by atoms with Crippen LogP contribution in [0.2, 0.25) is 10.0 Å². The lowest BCUT2D eigenvalue weighted by Gasteiger charge is -2.07. The average molecular weight is 350 g/mol. The molecule has 1 aliphatic rings. The third-order valence-corrected chi connectivity index (χ3v) is 4.76. The Balaban J connectivity index is 1.51. The van der Waals surface area contributed by atoms with Gasteiger partial charge in [0.05, 0.1) is 5.56 Å². The zero-order valence-electron chi connectivity index (χ0n) is 12.4. The Kier molecular flexibility index (Phi) is 4.90. The van der Waals surface area contributed by atoms with E-state index < -0.39 is 5.97 Å². The molecule has 0 spiro atoms. The number of hydrogen-bond donors (Lipinski definition) is 2. The quantitative estimate of drug-likeness (QED) is 0.801. The lowest BCUT2D eigenvalue weighted by Crippen LogP contribution is -2.17. The zero-order valence-corrected chi connectivity index (χ0v) is 13.9. The van der Waals surface area contributed by atoms with Gasteiger partial charge >= 0.3 is 5.97 Å². The van der Waals surface area contributed by atoms with E-state index in [0.717, 1.165) is 29.1 Å². The first-order valence-corrected chi connectivity index (χ1v) is 8.28. The lowest BCUT2D eigenvalue weighted by molar-refractivity contribution is 0.0696. The van der Waals surface area contributed by atoms with Crippen molar-refractivity contribution in [3.8, 4) is 0 Å². The normalized spacial score (nSPS) is 19.6. The molecule has 0 heterocycles. The Hall–Kier alpha value is -1.55. The molecule has 5 heteroatoms. The van der Waals surface area contributed by atoms with Gasteiger partial charge in [-0.1, -0.05) is 41.4 Å². The van der Waals surface area contributed by atoms with Gasteiger partial charge in [0, 0.05) is 16.6 Å². The van der Waals surface area contributed by atoms with Gasteiger partial charge in [-0.15, -0.1) is 0 Å². The highest BCUT2D eigenvalue weighted by atomic mass is 35.5. The molecule has 0 unspecified atom stereocenters. The molecule has 2 N–H and O–H groups in total. The number of rotatable bonds is 6. The molecule has 0 radical (unpaired) electrons. The van der Waals surface area contributed by atoms with Crippen LogP contribution in [0.1, 0.15) is 33.8 Å².